The molecule has 0 bridgehead atoms. The van der Waals surface area contributed by atoms with Crippen molar-refractivity contribution in [3.8, 4) is 11.3 Å². The number of thiophene rings is 1. The summed E-state index contributed by atoms with van der Waals surface area (Å²) in [5.74, 6) is 1.10. The summed E-state index contributed by atoms with van der Waals surface area (Å²) in [5, 5.41) is 9.74. The molecule has 0 unspecified atom stereocenters. The van der Waals surface area contributed by atoms with Gasteiger partial charge in [-0.15, -0.1) is 11.3 Å². The number of hydrogen-bond acceptors (Lipinski definition) is 5. The van der Waals surface area contributed by atoms with Crippen LogP contribution in [0.25, 0.3) is 11.3 Å². The Morgan fingerprint density at radius 3 is 2.76 bits per heavy atom. The highest BCUT2D eigenvalue weighted by Gasteiger charge is 2.26. The fourth-order valence-electron chi connectivity index (χ4n) is 3.64. The molecule has 1 atom stereocenters. The summed E-state index contributed by atoms with van der Waals surface area (Å²) in [6.45, 7) is 4.98. The highest BCUT2D eigenvalue weighted by molar-refractivity contribution is 7.10. The number of benzene rings is 1. The topological polar surface area (TPSA) is 58.4 Å². The van der Waals surface area contributed by atoms with Gasteiger partial charge in [-0.2, -0.15) is 0 Å². The summed E-state index contributed by atoms with van der Waals surface area (Å²) in [6.07, 6.45) is 2.40. The van der Waals surface area contributed by atoms with Crippen molar-refractivity contribution in [3.05, 3.63) is 63.4 Å². The molecule has 0 radical (unpaired) electrons. The summed E-state index contributed by atoms with van der Waals surface area (Å²) in [4.78, 5) is 16.4. The van der Waals surface area contributed by atoms with Crippen LogP contribution in [0.5, 0.6) is 0 Å². The third-order valence-corrected chi connectivity index (χ3v) is 6.68. The van der Waals surface area contributed by atoms with Crippen LogP contribution in [0.15, 0.2) is 52.4 Å². The number of nitrogens with one attached hydrogen (secondary N) is 1. The molecule has 1 fully saturated rings. The molecule has 3 heterocycles. The van der Waals surface area contributed by atoms with Gasteiger partial charge in [-0.25, -0.2) is 0 Å². The second-order valence-electron chi connectivity index (χ2n) is 7.54. The number of aromatic nitrogens is 1. The molecule has 1 aliphatic heterocycles. The van der Waals surface area contributed by atoms with Crippen molar-refractivity contribution in [2.24, 2.45) is 5.92 Å². The predicted octanol–water partition coefficient (Wildman–Crippen LogP) is 5.26. The van der Waals surface area contributed by atoms with Crippen molar-refractivity contribution in [3.63, 3.8) is 0 Å². The Morgan fingerprint density at radius 2 is 2.07 bits per heavy atom. The minimum Gasteiger partial charge on any atom is -0.355 e. The second kappa shape index (κ2) is 9.11. The maximum Gasteiger partial charge on any atom is 0.273 e. The van der Waals surface area contributed by atoms with E-state index in [0.717, 1.165) is 24.6 Å². The van der Waals surface area contributed by atoms with Crippen LogP contribution in [0.3, 0.4) is 0 Å². The molecule has 0 saturated carbocycles. The predicted molar refractivity (Wildman–Crippen MR) is 116 cm³/mol. The number of piperidine rings is 1. The third-order valence-electron chi connectivity index (χ3n) is 5.46. The number of halogens is 1. The number of likely N-dealkylation sites (tertiary alicyclic amines) is 1. The Hall–Kier alpha value is -2.15. The lowest BCUT2D eigenvalue weighted by molar-refractivity contribution is 0.0906. The lowest BCUT2D eigenvalue weighted by atomic mass is 9.97. The van der Waals surface area contributed by atoms with Crippen LogP contribution in [0, 0.1) is 5.92 Å². The summed E-state index contributed by atoms with van der Waals surface area (Å²) in [6, 6.07) is 13.3. The van der Waals surface area contributed by atoms with E-state index in [9.17, 15) is 4.79 Å². The number of amides is 1. The molecule has 1 saturated heterocycles. The third kappa shape index (κ3) is 4.89. The van der Waals surface area contributed by atoms with E-state index < -0.39 is 0 Å². The molecule has 0 aliphatic carbocycles. The first-order chi connectivity index (χ1) is 14.1. The van der Waals surface area contributed by atoms with E-state index in [1.165, 1.54) is 17.7 Å². The van der Waals surface area contributed by atoms with Gasteiger partial charge in [0.25, 0.3) is 5.91 Å². The quantitative estimate of drug-likeness (QED) is 0.580. The van der Waals surface area contributed by atoms with Crippen molar-refractivity contribution in [2.45, 2.75) is 25.8 Å². The van der Waals surface area contributed by atoms with Crippen molar-refractivity contribution < 1.29 is 9.32 Å². The van der Waals surface area contributed by atoms with Crippen molar-refractivity contribution >= 4 is 28.8 Å². The van der Waals surface area contributed by atoms with Crippen molar-refractivity contribution in [1.29, 1.82) is 0 Å². The summed E-state index contributed by atoms with van der Waals surface area (Å²) >= 11 is 7.66. The SMILES string of the molecule is CC1CCN([C@H](CNC(=O)c2cc(-c3ccc(Cl)cc3)on2)c2cccs2)CC1. The molecule has 1 N–H and O–H groups in total. The zero-order valence-electron chi connectivity index (χ0n) is 16.3. The smallest absolute Gasteiger partial charge is 0.273 e. The van der Waals surface area contributed by atoms with E-state index in [0.29, 0.717) is 17.3 Å². The Balaban J connectivity index is 1.42. The van der Waals surface area contributed by atoms with Gasteiger partial charge in [-0.1, -0.05) is 29.7 Å². The standard InChI is InChI=1S/C22H24ClN3O2S/c1-15-8-10-26(11-9-15)19(21-3-2-12-29-21)14-24-22(27)18-13-20(28-25-18)16-4-6-17(23)7-5-16/h2-7,12-13,15,19H,8-11,14H2,1H3,(H,24,27)/t19-/m1/s1. The molecule has 0 spiro atoms. The molecule has 1 amide bonds. The minimum absolute atomic E-state index is 0.189. The number of hydrogen-bond donors (Lipinski definition) is 1. The lowest BCUT2D eigenvalue weighted by Gasteiger charge is -2.36. The highest BCUT2D eigenvalue weighted by Crippen LogP contribution is 2.29. The van der Waals surface area contributed by atoms with E-state index in [4.69, 9.17) is 16.1 Å². The number of rotatable bonds is 6. The normalized spacial score (nSPS) is 16.6. The van der Waals surface area contributed by atoms with E-state index in [1.54, 1.807) is 29.5 Å². The number of nitrogens with zero attached hydrogens (tertiary/aromatic N) is 2. The van der Waals surface area contributed by atoms with Crippen LogP contribution >= 0.6 is 22.9 Å². The molecule has 1 aromatic carbocycles. The Labute approximate surface area is 179 Å². The largest absolute Gasteiger partial charge is 0.355 e. The van der Waals surface area contributed by atoms with Gasteiger partial charge < -0.3 is 9.84 Å². The zero-order chi connectivity index (χ0) is 20.2. The van der Waals surface area contributed by atoms with Gasteiger partial charge >= 0.3 is 0 Å². The fraction of sp³-hybridized carbons (Fsp3) is 0.364. The fourth-order valence-corrected chi connectivity index (χ4v) is 4.63. The van der Waals surface area contributed by atoms with E-state index in [1.807, 2.05) is 12.1 Å². The molecule has 1 aliphatic rings. The van der Waals surface area contributed by atoms with Crippen molar-refractivity contribution in [1.82, 2.24) is 15.4 Å². The minimum atomic E-state index is -0.221. The van der Waals surface area contributed by atoms with Gasteiger partial charge in [-0.05, 0) is 67.6 Å². The van der Waals surface area contributed by atoms with E-state index >= 15 is 0 Å². The molecular formula is C22H24ClN3O2S. The molecule has 4 rings (SSSR count). The summed E-state index contributed by atoms with van der Waals surface area (Å²) in [7, 11) is 0. The molecule has 3 aromatic rings. The van der Waals surface area contributed by atoms with Crippen molar-refractivity contribution in [2.75, 3.05) is 19.6 Å². The molecule has 2 aromatic heterocycles. The summed E-state index contributed by atoms with van der Waals surface area (Å²) in [5.41, 5.74) is 1.12. The molecular weight excluding hydrogens is 406 g/mol. The van der Waals surface area contributed by atoms with Gasteiger partial charge in [0.2, 0.25) is 0 Å². The maximum absolute atomic E-state index is 12.7. The Morgan fingerprint density at radius 1 is 1.31 bits per heavy atom. The summed E-state index contributed by atoms with van der Waals surface area (Å²) < 4.78 is 5.36. The Bertz CT molecular complexity index is 931. The second-order valence-corrected chi connectivity index (χ2v) is 8.96. The first-order valence-electron chi connectivity index (χ1n) is 9.88. The number of carbonyl (C=O) groups is 1. The molecule has 5 nitrogen and oxygen atoms in total. The molecule has 7 heteroatoms. The maximum atomic E-state index is 12.7. The van der Waals surface area contributed by atoms with Gasteiger partial charge in [-0.3, -0.25) is 9.69 Å². The number of carbonyl (C=O) groups excluding carboxylic acids is 1. The average molecular weight is 430 g/mol. The van der Waals surface area contributed by atoms with Crippen LogP contribution in [0.4, 0.5) is 0 Å². The van der Waals surface area contributed by atoms with Gasteiger partial charge in [0.1, 0.15) is 0 Å². The van der Waals surface area contributed by atoms with Gasteiger partial charge in [0, 0.05) is 28.1 Å². The first-order valence-corrected chi connectivity index (χ1v) is 11.1. The monoisotopic (exact) mass is 429 g/mol. The van der Waals surface area contributed by atoms with Crippen LogP contribution in [0.2, 0.25) is 5.02 Å². The Kier molecular flexibility index (Phi) is 6.33. The van der Waals surface area contributed by atoms with Gasteiger partial charge in [0.15, 0.2) is 11.5 Å². The lowest BCUT2D eigenvalue weighted by Crippen LogP contribution is -2.41. The zero-order valence-corrected chi connectivity index (χ0v) is 17.9. The molecule has 152 valence electrons. The van der Waals surface area contributed by atoms with E-state index in [2.05, 4.69) is 39.8 Å². The average Bonchev–Trinajstić information content (AvgIpc) is 3.42. The first kappa shape index (κ1) is 20.1. The van der Waals surface area contributed by atoms with Crippen LogP contribution in [-0.2, 0) is 0 Å². The van der Waals surface area contributed by atoms with Crippen LogP contribution in [-0.4, -0.2) is 35.6 Å². The van der Waals surface area contributed by atoms with Crippen LogP contribution in [0.1, 0.15) is 41.2 Å². The van der Waals surface area contributed by atoms with E-state index in [-0.39, 0.29) is 17.6 Å². The molecule has 29 heavy (non-hydrogen) atoms. The highest BCUT2D eigenvalue weighted by atomic mass is 35.5. The van der Waals surface area contributed by atoms with Gasteiger partial charge in [0.05, 0.1) is 6.04 Å². The van der Waals surface area contributed by atoms with Crippen LogP contribution < -0.4 is 5.32 Å².